The van der Waals surface area contributed by atoms with E-state index in [1.165, 1.54) is 19.1 Å². The molecule has 2 amide bonds. The fourth-order valence-corrected chi connectivity index (χ4v) is 2.47. The zero-order valence-electron chi connectivity index (χ0n) is 12.6. The summed E-state index contributed by atoms with van der Waals surface area (Å²) < 4.78 is 0. The quantitative estimate of drug-likeness (QED) is 0.590. The highest BCUT2D eigenvalue weighted by molar-refractivity contribution is 6.44. The summed E-state index contributed by atoms with van der Waals surface area (Å²) in [6.07, 6.45) is 1.56. The van der Waals surface area contributed by atoms with Crippen LogP contribution in [0.25, 0.3) is 6.08 Å². The molecule has 2 aromatic carbocycles. The van der Waals surface area contributed by atoms with Crippen LogP contribution < -0.4 is 10.6 Å². The average molecular weight is 384 g/mol. The first kappa shape index (κ1) is 18.3. The Hall–Kier alpha value is -2.01. The molecule has 24 heavy (non-hydrogen) atoms. The van der Waals surface area contributed by atoms with E-state index >= 15 is 0 Å². The van der Waals surface area contributed by atoms with Crippen LogP contribution in [0.4, 0.5) is 5.69 Å². The number of amides is 2. The van der Waals surface area contributed by atoms with Crippen molar-refractivity contribution < 1.29 is 9.59 Å². The number of halogens is 3. The minimum atomic E-state index is -0.533. The Kier molecular flexibility index (Phi) is 6.26. The van der Waals surface area contributed by atoms with Gasteiger partial charge in [0.05, 0.1) is 20.8 Å². The van der Waals surface area contributed by atoms with Gasteiger partial charge in [-0.15, -0.1) is 0 Å². The highest BCUT2D eigenvalue weighted by atomic mass is 35.5. The van der Waals surface area contributed by atoms with Crippen molar-refractivity contribution in [3.63, 3.8) is 0 Å². The molecule has 0 saturated carbocycles. The van der Waals surface area contributed by atoms with E-state index in [2.05, 4.69) is 10.6 Å². The number of benzene rings is 2. The van der Waals surface area contributed by atoms with Crippen LogP contribution in [0.15, 0.2) is 48.2 Å². The second-order valence-corrected chi connectivity index (χ2v) is 6.07. The van der Waals surface area contributed by atoms with E-state index in [1.54, 1.807) is 18.2 Å². The normalized spacial score (nSPS) is 11.1. The Morgan fingerprint density at radius 1 is 0.958 bits per heavy atom. The van der Waals surface area contributed by atoms with Gasteiger partial charge in [-0.2, -0.15) is 0 Å². The Labute approximate surface area is 154 Å². The van der Waals surface area contributed by atoms with Crippen molar-refractivity contribution >= 4 is 58.4 Å². The minimum absolute atomic E-state index is 0.0795. The maximum Gasteiger partial charge on any atom is 0.272 e. The third-order valence-corrected chi connectivity index (χ3v) is 3.96. The summed E-state index contributed by atoms with van der Waals surface area (Å²) in [4.78, 5) is 23.8. The highest BCUT2D eigenvalue weighted by Gasteiger charge is 2.14. The topological polar surface area (TPSA) is 58.2 Å². The number of rotatable bonds is 4. The lowest BCUT2D eigenvalue weighted by Crippen LogP contribution is -2.29. The fourth-order valence-electron chi connectivity index (χ4n) is 1.87. The molecule has 0 unspecified atom stereocenters. The molecule has 0 aliphatic rings. The predicted octanol–water partition coefficient (Wildman–Crippen LogP) is 4.76. The van der Waals surface area contributed by atoms with E-state index < -0.39 is 5.91 Å². The Morgan fingerprint density at radius 3 is 2.21 bits per heavy atom. The largest absolute Gasteiger partial charge is 0.322 e. The lowest BCUT2D eigenvalue weighted by molar-refractivity contribution is -0.120. The van der Waals surface area contributed by atoms with Gasteiger partial charge in [-0.25, -0.2) is 0 Å². The van der Waals surface area contributed by atoms with Gasteiger partial charge in [0.1, 0.15) is 5.70 Å². The first-order valence-corrected chi connectivity index (χ1v) is 8.00. The van der Waals surface area contributed by atoms with Gasteiger partial charge in [-0.3, -0.25) is 9.59 Å². The number of hydrogen-bond donors (Lipinski definition) is 2. The summed E-state index contributed by atoms with van der Waals surface area (Å²) in [7, 11) is 0. The van der Waals surface area contributed by atoms with E-state index in [-0.39, 0.29) is 26.7 Å². The molecule has 0 aliphatic carbocycles. The van der Waals surface area contributed by atoms with Crippen molar-refractivity contribution in [3.05, 3.63) is 68.8 Å². The zero-order chi connectivity index (χ0) is 17.7. The van der Waals surface area contributed by atoms with Crippen molar-refractivity contribution in [2.45, 2.75) is 6.92 Å². The lowest BCUT2D eigenvalue weighted by atomic mass is 10.2. The molecule has 0 aliphatic heterocycles. The van der Waals surface area contributed by atoms with Crippen molar-refractivity contribution in [1.82, 2.24) is 5.32 Å². The molecule has 2 rings (SSSR count). The second kappa shape index (κ2) is 8.20. The summed E-state index contributed by atoms with van der Waals surface area (Å²) in [5.41, 5.74) is 1.13. The number of nitrogens with one attached hydrogen (secondary N) is 2. The molecule has 7 heteroatoms. The minimum Gasteiger partial charge on any atom is -0.322 e. The van der Waals surface area contributed by atoms with Gasteiger partial charge in [0.2, 0.25) is 5.91 Å². The van der Waals surface area contributed by atoms with Gasteiger partial charge < -0.3 is 10.6 Å². The summed E-state index contributed by atoms with van der Waals surface area (Å²) in [6.45, 7) is 1.32. The van der Waals surface area contributed by atoms with Gasteiger partial charge in [-0.1, -0.05) is 65.1 Å². The van der Waals surface area contributed by atoms with Crippen molar-refractivity contribution in [2.24, 2.45) is 0 Å². The van der Waals surface area contributed by atoms with E-state index in [0.29, 0.717) is 5.69 Å². The first-order chi connectivity index (χ1) is 11.4. The van der Waals surface area contributed by atoms with E-state index in [9.17, 15) is 9.59 Å². The Morgan fingerprint density at radius 2 is 1.58 bits per heavy atom. The molecule has 0 bridgehead atoms. The van der Waals surface area contributed by atoms with Gasteiger partial charge in [0.15, 0.2) is 0 Å². The molecular formula is C17H13Cl3N2O2. The van der Waals surface area contributed by atoms with Gasteiger partial charge >= 0.3 is 0 Å². The molecule has 0 radical (unpaired) electrons. The average Bonchev–Trinajstić information content (AvgIpc) is 2.52. The van der Waals surface area contributed by atoms with Crippen LogP contribution in [0, 0.1) is 0 Å². The van der Waals surface area contributed by atoms with E-state index in [0.717, 1.165) is 5.56 Å². The Bertz CT molecular complexity index is 805. The molecule has 0 saturated heterocycles. The van der Waals surface area contributed by atoms with Crippen LogP contribution in [0.1, 0.15) is 12.5 Å². The number of hydrogen-bond acceptors (Lipinski definition) is 2. The molecule has 124 valence electrons. The Balaban J connectivity index is 2.30. The second-order valence-electron chi connectivity index (χ2n) is 4.85. The maximum absolute atomic E-state index is 12.5. The molecule has 0 spiro atoms. The molecule has 0 aromatic heterocycles. The van der Waals surface area contributed by atoms with Crippen molar-refractivity contribution in [3.8, 4) is 0 Å². The zero-order valence-corrected chi connectivity index (χ0v) is 14.8. The monoisotopic (exact) mass is 382 g/mol. The van der Waals surface area contributed by atoms with Gasteiger partial charge in [0.25, 0.3) is 5.91 Å². The van der Waals surface area contributed by atoms with Crippen LogP contribution in [-0.4, -0.2) is 11.8 Å². The van der Waals surface area contributed by atoms with Crippen LogP contribution in [0.3, 0.4) is 0 Å². The summed E-state index contributed by atoms with van der Waals surface area (Å²) in [5.74, 6) is -0.901. The van der Waals surface area contributed by atoms with Crippen LogP contribution in [0.2, 0.25) is 15.1 Å². The molecule has 2 aromatic rings. The molecular weight excluding hydrogens is 371 g/mol. The SMILES string of the molecule is CC(=O)N/C(=C\c1ccccc1)C(=O)Nc1cc(Cl)c(Cl)cc1Cl. The number of carbonyl (C=O) groups excluding carboxylic acids is 2. The third-order valence-electron chi connectivity index (χ3n) is 2.92. The third kappa shape index (κ3) is 4.99. The van der Waals surface area contributed by atoms with Crippen LogP contribution in [-0.2, 0) is 9.59 Å². The molecule has 0 atom stereocenters. The lowest BCUT2D eigenvalue weighted by Gasteiger charge is -2.12. The highest BCUT2D eigenvalue weighted by Crippen LogP contribution is 2.32. The maximum atomic E-state index is 12.5. The molecule has 4 nitrogen and oxygen atoms in total. The smallest absolute Gasteiger partial charge is 0.272 e. The van der Waals surface area contributed by atoms with Crippen molar-refractivity contribution in [2.75, 3.05) is 5.32 Å². The molecule has 2 N–H and O–H groups in total. The first-order valence-electron chi connectivity index (χ1n) is 6.87. The van der Waals surface area contributed by atoms with E-state index in [4.69, 9.17) is 34.8 Å². The number of anilines is 1. The fraction of sp³-hybridized carbons (Fsp3) is 0.0588. The molecule has 0 heterocycles. The van der Waals surface area contributed by atoms with E-state index in [1.807, 2.05) is 18.2 Å². The van der Waals surface area contributed by atoms with Crippen LogP contribution >= 0.6 is 34.8 Å². The van der Waals surface area contributed by atoms with Gasteiger partial charge in [-0.05, 0) is 23.8 Å². The van der Waals surface area contributed by atoms with Crippen LogP contribution in [0.5, 0.6) is 0 Å². The summed E-state index contributed by atoms with van der Waals surface area (Å²) >= 11 is 17.9. The predicted molar refractivity (Wildman–Crippen MR) is 98.3 cm³/mol. The molecule has 0 fully saturated rings. The number of carbonyl (C=O) groups is 2. The standard InChI is InChI=1S/C17H13Cl3N2O2/c1-10(23)21-16(7-11-5-3-2-4-6-11)17(24)22-15-9-13(19)12(18)8-14(15)20/h2-9H,1H3,(H,21,23)(H,22,24)/b16-7-. The van der Waals surface area contributed by atoms with Gasteiger partial charge in [0, 0.05) is 6.92 Å². The summed E-state index contributed by atoms with van der Waals surface area (Å²) in [6, 6.07) is 12.0. The summed E-state index contributed by atoms with van der Waals surface area (Å²) in [5, 5.41) is 5.88. The van der Waals surface area contributed by atoms with Crippen molar-refractivity contribution in [1.29, 1.82) is 0 Å².